The summed E-state index contributed by atoms with van der Waals surface area (Å²) in [6.45, 7) is 1.67. The third-order valence-electron chi connectivity index (χ3n) is 1.96. The van der Waals surface area contributed by atoms with Crippen LogP contribution in [-0.4, -0.2) is 31.8 Å². The summed E-state index contributed by atoms with van der Waals surface area (Å²) in [5, 5.41) is 0. The Morgan fingerprint density at radius 3 is 2.50 bits per heavy atom. The molecule has 0 saturated heterocycles. The van der Waals surface area contributed by atoms with Gasteiger partial charge in [0.2, 0.25) is 0 Å². The predicted octanol–water partition coefficient (Wildman–Crippen LogP) is 0.744. The van der Waals surface area contributed by atoms with E-state index in [-0.39, 0.29) is 12.3 Å². The number of sulfone groups is 1. The van der Waals surface area contributed by atoms with Gasteiger partial charge in [-0.05, 0) is 6.92 Å². The van der Waals surface area contributed by atoms with E-state index in [1.54, 1.807) is 6.92 Å². The molecule has 0 unspecified atom stereocenters. The molecule has 1 heterocycles. The van der Waals surface area contributed by atoms with Crippen molar-refractivity contribution in [2.24, 2.45) is 7.05 Å². The van der Waals surface area contributed by atoms with Gasteiger partial charge in [0.05, 0.1) is 6.61 Å². The third-order valence-corrected chi connectivity index (χ3v) is 3.04. The lowest BCUT2D eigenvalue weighted by Gasteiger charge is -2.02. The number of hydrogen-bond donors (Lipinski definition) is 0. The number of rotatable bonds is 3. The van der Waals surface area contributed by atoms with E-state index in [2.05, 4.69) is 4.74 Å². The van der Waals surface area contributed by atoms with Crippen LogP contribution in [0.2, 0.25) is 0 Å². The lowest BCUT2D eigenvalue weighted by molar-refractivity contribution is 0.0509. The monoisotopic (exact) mass is 249 g/mol. The van der Waals surface area contributed by atoms with Crippen LogP contribution in [0.25, 0.3) is 0 Å². The second kappa shape index (κ2) is 4.25. The number of aromatic nitrogens is 1. The van der Waals surface area contributed by atoms with Gasteiger partial charge in [-0.25, -0.2) is 17.6 Å². The SMILES string of the molecule is CCOC(=O)c1c(F)c(S(C)(=O)=O)cn1C. The fourth-order valence-corrected chi connectivity index (χ4v) is 2.03. The van der Waals surface area contributed by atoms with Gasteiger partial charge in [0.1, 0.15) is 4.90 Å². The van der Waals surface area contributed by atoms with E-state index in [0.29, 0.717) is 0 Å². The van der Waals surface area contributed by atoms with Gasteiger partial charge in [0.25, 0.3) is 0 Å². The summed E-state index contributed by atoms with van der Waals surface area (Å²) in [7, 11) is -2.31. The molecule has 0 aromatic carbocycles. The molecule has 0 aliphatic carbocycles. The molecule has 0 atom stereocenters. The molecule has 0 aliphatic heterocycles. The summed E-state index contributed by atoms with van der Waals surface area (Å²) in [4.78, 5) is 10.8. The average Bonchev–Trinajstić information content (AvgIpc) is 2.41. The van der Waals surface area contributed by atoms with Crippen LogP contribution in [0, 0.1) is 5.82 Å². The second-order valence-electron chi connectivity index (χ2n) is 3.26. The van der Waals surface area contributed by atoms with Crippen LogP contribution in [0.1, 0.15) is 17.4 Å². The quantitative estimate of drug-likeness (QED) is 0.741. The van der Waals surface area contributed by atoms with E-state index >= 15 is 0 Å². The van der Waals surface area contributed by atoms with Crippen LogP contribution >= 0.6 is 0 Å². The lowest BCUT2D eigenvalue weighted by atomic mass is 10.4. The van der Waals surface area contributed by atoms with E-state index in [4.69, 9.17) is 0 Å². The Morgan fingerprint density at radius 2 is 2.12 bits per heavy atom. The van der Waals surface area contributed by atoms with E-state index < -0.39 is 26.5 Å². The van der Waals surface area contributed by atoms with Crippen LogP contribution in [0.3, 0.4) is 0 Å². The van der Waals surface area contributed by atoms with Crippen LogP contribution in [-0.2, 0) is 21.6 Å². The maximum Gasteiger partial charge on any atom is 0.358 e. The largest absolute Gasteiger partial charge is 0.461 e. The summed E-state index contributed by atoms with van der Waals surface area (Å²) in [5.41, 5.74) is -0.387. The fourth-order valence-electron chi connectivity index (χ4n) is 1.26. The average molecular weight is 249 g/mol. The molecule has 1 aromatic rings. The van der Waals surface area contributed by atoms with E-state index in [1.807, 2.05) is 0 Å². The molecule has 0 fully saturated rings. The Bertz CT molecular complexity index is 518. The molecule has 5 nitrogen and oxygen atoms in total. The number of carbonyl (C=O) groups excluding carboxylic acids is 1. The van der Waals surface area contributed by atoms with Gasteiger partial charge in [0.15, 0.2) is 21.3 Å². The highest BCUT2D eigenvalue weighted by Gasteiger charge is 2.26. The van der Waals surface area contributed by atoms with Crippen molar-refractivity contribution in [1.29, 1.82) is 0 Å². The third kappa shape index (κ3) is 2.24. The fraction of sp³-hybridized carbons (Fsp3) is 0.444. The van der Waals surface area contributed by atoms with Crippen molar-refractivity contribution in [2.45, 2.75) is 11.8 Å². The van der Waals surface area contributed by atoms with Crippen LogP contribution < -0.4 is 0 Å². The van der Waals surface area contributed by atoms with Gasteiger partial charge in [-0.3, -0.25) is 0 Å². The lowest BCUT2D eigenvalue weighted by Crippen LogP contribution is -2.11. The molecular formula is C9H12FNO4S. The maximum absolute atomic E-state index is 13.7. The number of ether oxygens (including phenoxy) is 1. The Morgan fingerprint density at radius 1 is 1.56 bits per heavy atom. The van der Waals surface area contributed by atoms with Crippen molar-refractivity contribution in [1.82, 2.24) is 4.57 Å². The van der Waals surface area contributed by atoms with Crippen molar-refractivity contribution in [3.8, 4) is 0 Å². The Labute approximate surface area is 92.7 Å². The minimum Gasteiger partial charge on any atom is -0.461 e. The molecule has 0 bridgehead atoms. The molecule has 1 rings (SSSR count). The zero-order chi connectivity index (χ0) is 12.5. The van der Waals surface area contributed by atoms with Crippen molar-refractivity contribution < 1.29 is 22.3 Å². The van der Waals surface area contributed by atoms with Gasteiger partial charge in [-0.15, -0.1) is 0 Å². The van der Waals surface area contributed by atoms with E-state index in [0.717, 1.165) is 17.0 Å². The zero-order valence-electron chi connectivity index (χ0n) is 9.15. The summed E-state index contributed by atoms with van der Waals surface area (Å²) in [6, 6.07) is 0. The van der Waals surface area contributed by atoms with Gasteiger partial charge in [-0.2, -0.15) is 0 Å². The van der Waals surface area contributed by atoms with E-state index in [1.165, 1.54) is 7.05 Å². The molecule has 0 amide bonds. The minimum absolute atomic E-state index is 0.0949. The second-order valence-corrected chi connectivity index (χ2v) is 5.24. The Kier molecular flexibility index (Phi) is 3.37. The highest BCUT2D eigenvalue weighted by atomic mass is 32.2. The molecule has 0 N–H and O–H groups in total. The summed E-state index contributed by atoms with van der Waals surface area (Å²) >= 11 is 0. The molecule has 0 aliphatic rings. The first-order valence-electron chi connectivity index (χ1n) is 4.51. The minimum atomic E-state index is -3.69. The Hall–Kier alpha value is -1.37. The number of halogens is 1. The molecular weight excluding hydrogens is 237 g/mol. The topological polar surface area (TPSA) is 65.4 Å². The smallest absolute Gasteiger partial charge is 0.358 e. The zero-order valence-corrected chi connectivity index (χ0v) is 9.97. The van der Waals surface area contributed by atoms with Crippen LogP contribution in [0.5, 0.6) is 0 Å². The number of aryl methyl sites for hydroxylation is 1. The normalized spacial score (nSPS) is 11.5. The Balaban J connectivity index is 3.34. The van der Waals surface area contributed by atoms with Gasteiger partial charge >= 0.3 is 5.97 Å². The van der Waals surface area contributed by atoms with Gasteiger partial charge < -0.3 is 9.30 Å². The molecule has 1 aromatic heterocycles. The first-order chi connectivity index (χ1) is 7.29. The molecule has 16 heavy (non-hydrogen) atoms. The number of esters is 1. The molecule has 90 valence electrons. The highest BCUT2D eigenvalue weighted by molar-refractivity contribution is 7.90. The molecule has 7 heteroatoms. The van der Waals surface area contributed by atoms with Gasteiger partial charge in [-0.1, -0.05) is 0 Å². The highest BCUT2D eigenvalue weighted by Crippen LogP contribution is 2.20. The summed E-state index contributed by atoms with van der Waals surface area (Å²) in [5.74, 6) is -1.94. The van der Waals surface area contributed by atoms with Crippen LogP contribution in [0.15, 0.2) is 11.1 Å². The number of hydrogen-bond acceptors (Lipinski definition) is 4. The molecule has 0 saturated carbocycles. The summed E-state index contributed by atoms with van der Waals surface area (Å²) in [6.07, 6.45) is 1.93. The predicted molar refractivity (Wildman–Crippen MR) is 54.4 cm³/mol. The van der Waals surface area contributed by atoms with Crippen molar-refractivity contribution >= 4 is 15.8 Å². The number of carbonyl (C=O) groups is 1. The number of nitrogens with zero attached hydrogens (tertiary/aromatic N) is 1. The summed E-state index contributed by atoms with van der Waals surface area (Å²) < 4.78 is 41.8. The maximum atomic E-state index is 13.7. The standard InChI is InChI=1S/C9H12FNO4S/c1-4-15-9(12)8-7(10)6(5-11(8)2)16(3,13)14/h5H,4H2,1-3H3. The van der Waals surface area contributed by atoms with Crippen LogP contribution in [0.4, 0.5) is 4.39 Å². The van der Waals surface area contributed by atoms with Crippen molar-refractivity contribution in [2.75, 3.05) is 12.9 Å². The van der Waals surface area contributed by atoms with Crippen molar-refractivity contribution in [3.63, 3.8) is 0 Å². The van der Waals surface area contributed by atoms with E-state index in [9.17, 15) is 17.6 Å². The first-order valence-corrected chi connectivity index (χ1v) is 6.40. The van der Waals surface area contributed by atoms with Gasteiger partial charge in [0, 0.05) is 19.5 Å². The molecule has 0 radical (unpaired) electrons. The first kappa shape index (κ1) is 12.7. The molecule has 0 spiro atoms. The van der Waals surface area contributed by atoms with Crippen molar-refractivity contribution in [3.05, 3.63) is 17.7 Å².